The summed E-state index contributed by atoms with van der Waals surface area (Å²) in [4.78, 5) is 7.28. The van der Waals surface area contributed by atoms with Crippen LogP contribution >= 0.6 is 11.3 Å². The molecule has 0 bridgehead atoms. The number of hydrogen-bond acceptors (Lipinski definition) is 4. The fourth-order valence-electron chi connectivity index (χ4n) is 3.79. The summed E-state index contributed by atoms with van der Waals surface area (Å²) in [5.41, 5.74) is 3.15. The third-order valence-electron chi connectivity index (χ3n) is 5.21. The maximum atomic E-state index is 10.4. The quantitative estimate of drug-likeness (QED) is 0.680. The highest BCUT2D eigenvalue weighted by Gasteiger charge is 2.22. The lowest BCUT2D eigenvalue weighted by Gasteiger charge is -2.35. The van der Waals surface area contributed by atoms with Crippen LogP contribution in [0.25, 0.3) is 20.8 Å². The van der Waals surface area contributed by atoms with Crippen LogP contribution in [0.5, 0.6) is 5.75 Å². The minimum absolute atomic E-state index is 0.394. The molecule has 1 unspecified atom stereocenters. The number of benzene rings is 2. The first-order valence-corrected chi connectivity index (χ1v) is 9.98. The molecule has 0 saturated carbocycles. The van der Waals surface area contributed by atoms with E-state index in [1.54, 1.807) is 11.3 Å². The Hall–Kier alpha value is -1.91. The summed E-state index contributed by atoms with van der Waals surface area (Å²) in [6, 6.07) is 14.8. The zero-order valence-electron chi connectivity index (χ0n) is 14.6. The first kappa shape index (κ1) is 16.6. The lowest BCUT2D eigenvalue weighted by Crippen LogP contribution is -2.38. The molecule has 1 saturated heterocycles. The van der Waals surface area contributed by atoms with Gasteiger partial charge in [0.05, 0.1) is 10.2 Å². The molecule has 3 nitrogen and oxygen atoms in total. The number of piperidine rings is 1. The van der Waals surface area contributed by atoms with E-state index in [-0.39, 0.29) is 0 Å². The summed E-state index contributed by atoms with van der Waals surface area (Å²) < 4.78 is 1.20. The Morgan fingerprint density at radius 2 is 2.08 bits per heavy atom. The van der Waals surface area contributed by atoms with Crippen LogP contribution in [-0.2, 0) is 6.54 Å². The van der Waals surface area contributed by atoms with Crippen LogP contribution in [0.3, 0.4) is 0 Å². The molecule has 0 amide bonds. The standard InChI is InChI=1S/C21H24N2OS/c1-2-17-7-5-6-12-23(17)14-16-13-15(10-11-19(16)24)21-22-18-8-3-4-9-20(18)25-21/h3-4,8-11,13,17,24H,2,5-7,12,14H2,1H3. The molecule has 3 aromatic rings. The predicted octanol–water partition coefficient (Wildman–Crippen LogP) is 5.43. The molecule has 1 aliphatic rings. The van der Waals surface area contributed by atoms with Gasteiger partial charge in [0.2, 0.25) is 0 Å². The first-order valence-electron chi connectivity index (χ1n) is 9.16. The van der Waals surface area contributed by atoms with Crippen LogP contribution in [0.15, 0.2) is 42.5 Å². The number of likely N-dealkylation sites (tertiary alicyclic amines) is 1. The molecule has 4 rings (SSSR count). The van der Waals surface area contributed by atoms with Gasteiger partial charge in [-0.05, 0) is 56.1 Å². The Morgan fingerprint density at radius 3 is 2.92 bits per heavy atom. The summed E-state index contributed by atoms with van der Waals surface area (Å²) in [7, 11) is 0. The topological polar surface area (TPSA) is 36.4 Å². The molecule has 2 aromatic carbocycles. The highest BCUT2D eigenvalue weighted by Crippen LogP contribution is 2.33. The molecule has 1 aliphatic heterocycles. The van der Waals surface area contributed by atoms with Crippen molar-refractivity contribution in [2.45, 2.75) is 45.2 Å². The third kappa shape index (κ3) is 3.42. The molecule has 130 valence electrons. The smallest absolute Gasteiger partial charge is 0.124 e. The van der Waals surface area contributed by atoms with E-state index in [1.807, 2.05) is 24.3 Å². The lowest BCUT2D eigenvalue weighted by molar-refractivity contribution is 0.135. The average Bonchev–Trinajstić information content (AvgIpc) is 3.08. The van der Waals surface area contributed by atoms with Gasteiger partial charge in [-0.3, -0.25) is 4.90 Å². The number of para-hydroxylation sites is 1. The van der Waals surface area contributed by atoms with Gasteiger partial charge in [-0.2, -0.15) is 0 Å². The van der Waals surface area contributed by atoms with Gasteiger partial charge in [0.25, 0.3) is 0 Å². The van der Waals surface area contributed by atoms with Gasteiger partial charge in [-0.25, -0.2) is 4.98 Å². The Bertz CT molecular complexity index is 840. The van der Waals surface area contributed by atoms with E-state index in [0.29, 0.717) is 11.8 Å². The zero-order valence-corrected chi connectivity index (χ0v) is 15.4. The van der Waals surface area contributed by atoms with E-state index in [1.165, 1.54) is 30.4 Å². The number of phenolic OH excluding ortho intramolecular Hbond substituents is 1. The number of aromatic hydroxyl groups is 1. The van der Waals surface area contributed by atoms with Crippen molar-refractivity contribution < 1.29 is 5.11 Å². The number of fused-ring (bicyclic) bond motifs is 1. The lowest BCUT2D eigenvalue weighted by atomic mass is 9.98. The van der Waals surface area contributed by atoms with Crippen molar-refractivity contribution >= 4 is 21.6 Å². The summed E-state index contributed by atoms with van der Waals surface area (Å²) in [5, 5.41) is 11.4. The van der Waals surface area contributed by atoms with Crippen molar-refractivity contribution in [3.8, 4) is 16.3 Å². The van der Waals surface area contributed by atoms with Gasteiger partial charge in [0.15, 0.2) is 0 Å². The maximum absolute atomic E-state index is 10.4. The minimum atomic E-state index is 0.394. The van der Waals surface area contributed by atoms with Crippen molar-refractivity contribution in [2.75, 3.05) is 6.54 Å². The summed E-state index contributed by atoms with van der Waals surface area (Å²) in [6.45, 7) is 4.22. The van der Waals surface area contributed by atoms with Crippen molar-refractivity contribution in [1.82, 2.24) is 9.88 Å². The van der Waals surface area contributed by atoms with Gasteiger partial charge in [-0.15, -0.1) is 11.3 Å². The molecular weight excluding hydrogens is 328 g/mol. The second-order valence-corrected chi connectivity index (χ2v) is 7.89. The monoisotopic (exact) mass is 352 g/mol. The molecule has 0 spiro atoms. The first-order chi connectivity index (χ1) is 12.2. The summed E-state index contributed by atoms with van der Waals surface area (Å²) in [5.74, 6) is 0.394. The van der Waals surface area contributed by atoms with Gasteiger partial charge in [0.1, 0.15) is 10.8 Å². The van der Waals surface area contributed by atoms with Gasteiger partial charge in [0, 0.05) is 23.7 Å². The minimum Gasteiger partial charge on any atom is -0.508 e. The van der Waals surface area contributed by atoms with Crippen molar-refractivity contribution in [3.63, 3.8) is 0 Å². The fourth-order valence-corrected chi connectivity index (χ4v) is 4.75. The Balaban J connectivity index is 1.64. The third-order valence-corrected chi connectivity index (χ3v) is 6.30. The fraction of sp³-hybridized carbons (Fsp3) is 0.381. The number of nitrogens with zero attached hydrogens (tertiary/aromatic N) is 2. The molecule has 4 heteroatoms. The summed E-state index contributed by atoms with van der Waals surface area (Å²) >= 11 is 1.71. The molecule has 25 heavy (non-hydrogen) atoms. The van der Waals surface area contributed by atoms with Crippen LogP contribution < -0.4 is 0 Å². The normalized spacial score (nSPS) is 18.7. The molecule has 1 fully saturated rings. The highest BCUT2D eigenvalue weighted by molar-refractivity contribution is 7.21. The molecule has 0 radical (unpaired) electrons. The van der Waals surface area contributed by atoms with Crippen LogP contribution in [-0.4, -0.2) is 27.6 Å². The molecule has 0 aliphatic carbocycles. The van der Waals surface area contributed by atoms with Crippen LogP contribution in [0.2, 0.25) is 0 Å². The second kappa shape index (κ2) is 7.14. The van der Waals surface area contributed by atoms with E-state index >= 15 is 0 Å². The van der Waals surface area contributed by atoms with E-state index in [2.05, 4.69) is 30.0 Å². The van der Waals surface area contributed by atoms with Crippen LogP contribution in [0.4, 0.5) is 0 Å². The largest absolute Gasteiger partial charge is 0.508 e. The number of rotatable bonds is 4. The van der Waals surface area contributed by atoms with Crippen LogP contribution in [0, 0.1) is 0 Å². The van der Waals surface area contributed by atoms with Crippen LogP contribution in [0.1, 0.15) is 38.2 Å². The maximum Gasteiger partial charge on any atom is 0.124 e. The highest BCUT2D eigenvalue weighted by atomic mass is 32.1. The van der Waals surface area contributed by atoms with E-state index in [9.17, 15) is 5.11 Å². The van der Waals surface area contributed by atoms with E-state index < -0.39 is 0 Å². The SMILES string of the molecule is CCC1CCCCN1Cc1cc(-c2nc3ccccc3s2)ccc1O. The van der Waals surface area contributed by atoms with Crippen molar-refractivity contribution in [2.24, 2.45) is 0 Å². The molecule has 2 heterocycles. The number of thiazole rings is 1. The average molecular weight is 353 g/mol. The Morgan fingerprint density at radius 1 is 1.20 bits per heavy atom. The number of phenols is 1. The molecule has 1 aromatic heterocycles. The van der Waals surface area contributed by atoms with E-state index in [0.717, 1.165) is 34.7 Å². The number of hydrogen-bond donors (Lipinski definition) is 1. The predicted molar refractivity (Wildman–Crippen MR) is 105 cm³/mol. The number of aromatic nitrogens is 1. The molecule has 1 atom stereocenters. The van der Waals surface area contributed by atoms with Gasteiger partial charge in [-0.1, -0.05) is 25.5 Å². The van der Waals surface area contributed by atoms with Gasteiger partial charge < -0.3 is 5.11 Å². The zero-order chi connectivity index (χ0) is 17.2. The second-order valence-electron chi connectivity index (χ2n) is 6.86. The van der Waals surface area contributed by atoms with Crippen molar-refractivity contribution in [3.05, 3.63) is 48.0 Å². The van der Waals surface area contributed by atoms with Gasteiger partial charge >= 0.3 is 0 Å². The van der Waals surface area contributed by atoms with E-state index in [4.69, 9.17) is 4.98 Å². The summed E-state index contributed by atoms with van der Waals surface area (Å²) in [6.07, 6.45) is 5.04. The Labute approximate surface area is 152 Å². The molecule has 1 N–H and O–H groups in total. The molecular formula is C21H24N2OS. The Kier molecular flexibility index (Phi) is 4.73. The van der Waals surface area contributed by atoms with Crippen molar-refractivity contribution in [1.29, 1.82) is 0 Å².